The summed E-state index contributed by atoms with van der Waals surface area (Å²) in [6.07, 6.45) is 0. The molecule has 20 heavy (non-hydrogen) atoms. The van der Waals surface area contributed by atoms with Crippen LogP contribution in [0.15, 0.2) is 18.2 Å². The highest BCUT2D eigenvalue weighted by molar-refractivity contribution is 6.35. The van der Waals surface area contributed by atoms with Crippen molar-refractivity contribution >= 4 is 29.2 Å². The summed E-state index contributed by atoms with van der Waals surface area (Å²) < 4.78 is 0. The Morgan fingerprint density at radius 1 is 1.25 bits per heavy atom. The molecule has 0 spiro atoms. The minimum atomic E-state index is -0.295. The van der Waals surface area contributed by atoms with E-state index in [9.17, 15) is 4.79 Å². The number of hydrogen-bond acceptors (Lipinski definition) is 2. The molecule has 0 heterocycles. The van der Waals surface area contributed by atoms with Gasteiger partial charge < -0.3 is 15.7 Å². The third-order valence-electron chi connectivity index (χ3n) is 3.28. The number of benzene rings is 1. The van der Waals surface area contributed by atoms with Gasteiger partial charge in [0.05, 0.1) is 6.04 Å². The molecule has 3 atom stereocenters. The van der Waals surface area contributed by atoms with E-state index in [1.54, 1.807) is 18.2 Å². The average Bonchev–Trinajstić information content (AvgIpc) is 2.37. The Bertz CT molecular complexity index is 468. The van der Waals surface area contributed by atoms with Crippen LogP contribution in [-0.2, 0) is 0 Å². The molecule has 0 aliphatic rings. The van der Waals surface area contributed by atoms with E-state index < -0.39 is 0 Å². The average molecular weight is 319 g/mol. The van der Waals surface area contributed by atoms with Crippen molar-refractivity contribution in [2.75, 3.05) is 6.61 Å². The summed E-state index contributed by atoms with van der Waals surface area (Å²) in [6, 6.07) is 4.51. The maximum Gasteiger partial charge on any atom is 0.315 e. The summed E-state index contributed by atoms with van der Waals surface area (Å²) >= 11 is 11.9. The molecule has 1 rings (SSSR count). The number of aliphatic hydroxyl groups is 1. The highest BCUT2D eigenvalue weighted by Crippen LogP contribution is 2.25. The maximum atomic E-state index is 11.9. The van der Waals surface area contributed by atoms with E-state index in [0.717, 1.165) is 5.56 Å². The van der Waals surface area contributed by atoms with Crippen LogP contribution in [0.1, 0.15) is 32.4 Å². The van der Waals surface area contributed by atoms with Crippen LogP contribution < -0.4 is 10.6 Å². The first-order valence-corrected chi connectivity index (χ1v) is 7.23. The molecule has 2 amide bonds. The minimum absolute atomic E-state index is 0.00447. The van der Waals surface area contributed by atoms with Crippen LogP contribution in [-0.4, -0.2) is 23.8 Å². The molecule has 0 radical (unpaired) electrons. The summed E-state index contributed by atoms with van der Waals surface area (Å²) in [4.78, 5) is 11.9. The van der Waals surface area contributed by atoms with Crippen molar-refractivity contribution in [3.05, 3.63) is 33.8 Å². The summed E-state index contributed by atoms with van der Waals surface area (Å²) in [5.74, 6) is -0.00447. The van der Waals surface area contributed by atoms with E-state index in [1.807, 2.05) is 20.8 Å². The third-order valence-corrected chi connectivity index (χ3v) is 3.84. The van der Waals surface area contributed by atoms with Crippen LogP contribution in [0.2, 0.25) is 10.0 Å². The molecule has 0 aliphatic heterocycles. The summed E-state index contributed by atoms with van der Waals surface area (Å²) in [6.45, 7) is 5.58. The molecule has 4 nitrogen and oxygen atoms in total. The minimum Gasteiger partial charge on any atom is -0.396 e. The van der Waals surface area contributed by atoms with Gasteiger partial charge in [-0.2, -0.15) is 0 Å². The summed E-state index contributed by atoms with van der Waals surface area (Å²) in [5, 5.41) is 15.7. The number of urea groups is 1. The molecular formula is C14H20Cl2N2O2. The van der Waals surface area contributed by atoms with Gasteiger partial charge in [-0.1, -0.05) is 36.2 Å². The molecule has 6 heteroatoms. The van der Waals surface area contributed by atoms with Crippen molar-refractivity contribution < 1.29 is 9.90 Å². The van der Waals surface area contributed by atoms with Crippen molar-refractivity contribution in [2.24, 2.45) is 5.92 Å². The first kappa shape index (κ1) is 17.1. The lowest BCUT2D eigenvalue weighted by atomic mass is 10.1. The Balaban J connectivity index is 2.61. The van der Waals surface area contributed by atoms with Crippen molar-refractivity contribution in [1.29, 1.82) is 0 Å². The molecule has 3 unspecified atom stereocenters. The zero-order chi connectivity index (χ0) is 15.3. The Morgan fingerprint density at radius 3 is 2.45 bits per heavy atom. The number of amides is 2. The van der Waals surface area contributed by atoms with Crippen LogP contribution in [0.4, 0.5) is 4.79 Å². The lowest BCUT2D eigenvalue weighted by Gasteiger charge is -2.22. The van der Waals surface area contributed by atoms with E-state index in [-0.39, 0.29) is 30.6 Å². The topological polar surface area (TPSA) is 61.4 Å². The summed E-state index contributed by atoms with van der Waals surface area (Å²) in [7, 11) is 0. The predicted molar refractivity (Wildman–Crippen MR) is 82.3 cm³/mol. The largest absolute Gasteiger partial charge is 0.396 e. The zero-order valence-corrected chi connectivity index (χ0v) is 13.3. The maximum absolute atomic E-state index is 11.9. The van der Waals surface area contributed by atoms with Crippen molar-refractivity contribution in [3.63, 3.8) is 0 Å². The molecular weight excluding hydrogens is 299 g/mol. The van der Waals surface area contributed by atoms with E-state index in [2.05, 4.69) is 10.6 Å². The number of carbonyl (C=O) groups excluding carboxylic acids is 1. The standard InChI is InChI=1S/C14H20Cl2N2O2/c1-8(7-19)9(2)17-14(20)18-10(3)12-5-4-11(15)6-13(12)16/h4-6,8-10,19H,7H2,1-3H3,(H2,17,18,20). The number of nitrogens with one attached hydrogen (secondary N) is 2. The van der Waals surface area contributed by atoms with Gasteiger partial charge in [0.2, 0.25) is 0 Å². The van der Waals surface area contributed by atoms with E-state index in [4.69, 9.17) is 28.3 Å². The third kappa shape index (κ3) is 4.85. The highest BCUT2D eigenvalue weighted by atomic mass is 35.5. The number of halogens is 2. The molecule has 1 aromatic carbocycles. The van der Waals surface area contributed by atoms with Crippen LogP contribution in [0.3, 0.4) is 0 Å². The fraction of sp³-hybridized carbons (Fsp3) is 0.500. The lowest BCUT2D eigenvalue weighted by Crippen LogP contribution is -2.44. The Kier molecular flexibility index (Phi) is 6.59. The van der Waals surface area contributed by atoms with Crippen LogP contribution in [0, 0.1) is 5.92 Å². The van der Waals surface area contributed by atoms with Crippen LogP contribution in [0.25, 0.3) is 0 Å². The molecule has 0 bridgehead atoms. The van der Waals surface area contributed by atoms with Gasteiger partial charge in [0.15, 0.2) is 0 Å². The molecule has 0 fully saturated rings. The monoisotopic (exact) mass is 318 g/mol. The van der Waals surface area contributed by atoms with Gasteiger partial charge in [-0.25, -0.2) is 4.79 Å². The quantitative estimate of drug-likeness (QED) is 0.779. The highest BCUT2D eigenvalue weighted by Gasteiger charge is 2.17. The fourth-order valence-corrected chi connectivity index (χ4v) is 2.25. The van der Waals surface area contributed by atoms with E-state index in [0.29, 0.717) is 10.0 Å². The van der Waals surface area contributed by atoms with Crippen molar-refractivity contribution in [3.8, 4) is 0 Å². The van der Waals surface area contributed by atoms with Gasteiger partial charge in [0.25, 0.3) is 0 Å². The molecule has 112 valence electrons. The lowest BCUT2D eigenvalue weighted by molar-refractivity contribution is 0.199. The second-order valence-corrected chi connectivity index (χ2v) is 5.80. The Labute approximate surface area is 129 Å². The normalized spacial score (nSPS) is 15.3. The van der Waals surface area contributed by atoms with Gasteiger partial charge in [-0.3, -0.25) is 0 Å². The van der Waals surface area contributed by atoms with Crippen LogP contribution in [0.5, 0.6) is 0 Å². The Hall–Kier alpha value is -0.970. The molecule has 0 aliphatic carbocycles. The number of carbonyl (C=O) groups is 1. The molecule has 0 aromatic heterocycles. The van der Waals surface area contributed by atoms with E-state index >= 15 is 0 Å². The SMILES string of the molecule is CC(NC(=O)NC(C)C(C)CO)c1ccc(Cl)cc1Cl. The first-order valence-electron chi connectivity index (χ1n) is 6.48. The van der Waals surface area contributed by atoms with Gasteiger partial charge in [-0.15, -0.1) is 0 Å². The van der Waals surface area contributed by atoms with Gasteiger partial charge in [-0.05, 0) is 37.5 Å². The number of hydrogen-bond donors (Lipinski definition) is 3. The molecule has 3 N–H and O–H groups in total. The first-order chi connectivity index (χ1) is 9.35. The fourth-order valence-electron chi connectivity index (χ4n) is 1.68. The van der Waals surface area contributed by atoms with Gasteiger partial charge >= 0.3 is 6.03 Å². The van der Waals surface area contributed by atoms with Gasteiger partial charge in [0, 0.05) is 22.7 Å². The van der Waals surface area contributed by atoms with Crippen LogP contribution >= 0.6 is 23.2 Å². The van der Waals surface area contributed by atoms with E-state index in [1.165, 1.54) is 0 Å². The summed E-state index contributed by atoms with van der Waals surface area (Å²) in [5.41, 5.74) is 0.800. The second kappa shape index (κ2) is 7.72. The van der Waals surface area contributed by atoms with Crippen molar-refractivity contribution in [2.45, 2.75) is 32.9 Å². The number of aliphatic hydroxyl groups excluding tert-OH is 1. The Morgan fingerprint density at radius 2 is 1.90 bits per heavy atom. The smallest absolute Gasteiger partial charge is 0.315 e. The zero-order valence-electron chi connectivity index (χ0n) is 11.8. The molecule has 0 saturated heterocycles. The van der Waals surface area contributed by atoms with Gasteiger partial charge in [0.1, 0.15) is 0 Å². The second-order valence-electron chi connectivity index (χ2n) is 4.95. The molecule has 1 aromatic rings. The predicted octanol–water partition coefficient (Wildman–Crippen LogP) is 3.37. The number of rotatable bonds is 5. The van der Waals surface area contributed by atoms with Crippen molar-refractivity contribution in [1.82, 2.24) is 10.6 Å². The molecule has 0 saturated carbocycles.